The summed E-state index contributed by atoms with van der Waals surface area (Å²) in [5.41, 5.74) is 0.548. The number of nitrogens with one attached hydrogen (secondary N) is 3. The Morgan fingerprint density at radius 1 is 1.21 bits per heavy atom. The van der Waals surface area contributed by atoms with Crippen molar-refractivity contribution < 1.29 is 17.6 Å². The Morgan fingerprint density at radius 3 is 2.62 bits per heavy atom. The summed E-state index contributed by atoms with van der Waals surface area (Å²) in [7, 11) is -2.41. The monoisotopic (exact) mass is 585 g/mol. The normalized spacial score (nSPS) is 11.4. The number of thiophene rings is 1. The van der Waals surface area contributed by atoms with Crippen molar-refractivity contribution in [2.45, 2.75) is 4.21 Å². The van der Waals surface area contributed by atoms with Crippen LogP contribution in [-0.2, 0) is 10.0 Å². The van der Waals surface area contributed by atoms with E-state index < -0.39 is 27.4 Å². The van der Waals surface area contributed by atoms with Crippen LogP contribution in [0.25, 0.3) is 16.6 Å². The number of hydrogen-bond donors (Lipinski definition) is 3. The van der Waals surface area contributed by atoms with Gasteiger partial charge in [0.05, 0.1) is 26.6 Å². The van der Waals surface area contributed by atoms with Gasteiger partial charge in [-0.3, -0.25) is 9.36 Å². The predicted molar refractivity (Wildman–Crippen MR) is 133 cm³/mol. The van der Waals surface area contributed by atoms with Crippen LogP contribution in [0.4, 0.5) is 20.6 Å². The maximum absolute atomic E-state index is 14.9. The fraction of sp³-hybridized carbons (Fsp3) is 0.0500. The molecule has 0 fully saturated rings. The van der Waals surface area contributed by atoms with Crippen LogP contribution in [0.2, 0.25) is 4.34 Å². The minimum absolute atomic E-state index is 0.0265. The number of benzene rings is 2. The van der Waals surface area contributed by atoms with E-state index in [0.29, 0.717) is 9.99 Å². The van der Waals surface area contributed by atoms with Crippen LogP contribution in [0.15, 0.2) is 62.3 Å². The van der Waals surface area contributed by atoms with Crippen LogP contribution in [0.3, 0.4) is 0 Å². The Balaban J connectivity index is 1.59. The van der Waals surface area contributed by atoms with E-state index >= 15 is 0 Å². The van der Waals surface area contributed by atoms with E-state index in [1.165, 1.54) is 30.6 Å². The van der Waals surface area contributed by atoms with E-state index in [-0.39, 0.29) is 25.3 Å². The maximum atomic E-state index is 14.9. The highest BCUT2D eigenvalue weighted by atomic mass is 79.9. The molecule has 2 aromatic carbocycles. The third-order valence-electron chi connectivity index (χ3n) is 4.62. The number of hydrogen-bond acceptors (Lipinski definition) is 7. The molecule has 0 unspecified atom stereocenters. The second-order valence-corrected chi connectivity index (χ2v) is 11.3. The van der Waals surface area contributed by atoms with E-state index in [9.17, 15) is 22.4 Å². The number of urea groups is 1. The molecule has 4 rings (SSSR count). The number of rotatable bonds is 5. The van der Waals surface area contributed by atoms with E-state index in [4.69, 9.17) is 11.6 Å². The molecule has 0 saturated heterocycles. The Morgan fingerprint density at radius 2 is 1.97 bits per heavy atom. The lowest BCUT2D eigenvalue weighted by molar-refractivity contribution is 0.256. The number of anilines is 2. The average molecular weight is 587 g/mol. The number of fused-ring (bicyclic) bond motifs is 1. The zero-order chi connectivity index (χ0) is 24.6. The molecule has 0 atom stereocenters. The topological polar surface area (TPSA) is 122 Å². The van der Waals surface area contributed by atoms with Gasteiger partial charge in [0.1, 0.15) is 16.4 Å². The molecule has 14 heteroatoms. The summed E-state index contributed by atoms with van der Waals surface area (Å²) in [5.74, 6) is -0.833. The van der Waals surface area contributed by atoms with Crippen LogP contribution in [-0.4, -0.2) is 31.0 Å². The van der Waals surface area contributed by atoms with Crippen LogP contribution in [0.1, 0.15) is 0 Å². The van der Waals surface area contributed by atoms with E-state index in [1.807, 2.05) is 4.72 Å². The second kappa shape index (κ2) is 9.33. The van der Waals surface area contributed by atoms with Gasteiger partial charge in [-0.15, -0.1) is 11.3 Å². The van der Waals surface area contributed by atoms with Crippen molar-refractivity contribution in [3.8, 4) is 5.69 Å². The average Bonchev–Trinajstić information content (AvgIpc) is 3.22. The molecule has 0 bridgehead atoms. The first-order chi connectivity index (χ1) is 16.1. The SMILES string of the molecule is CNc1cc2ncn(-c3ccc(NC(=O)NS(=O)(=O)c4ccc(Cl)s4)cc3F)c(=O)c2cc1Br. The Bertz CT molecular complexity index is 1610. The van der Waals surface area contributed by atoms with Gasteiger partial charge in [-0.1, -0.05) is 11.6 Å². The summed E-state index contributed by atoms with van der Waals surface area (Å²) in [6, 6.07) is 8.37. The summed E-state index contributed by atoms with van der Waals surface area (Å²) in [4.78, 5) is 29.3. The van der Waals surface area contributed by atoms with Gasteiger partial charge in [0, 0.05) is 17.2 Å². The molecule has 0 aliphatic heterocycles. The molecular weight excluding hydrogens is 573 g/mol. The maximum Gasteiger partial charge on any atom is 0.333 e. The van der Waals surface area contributed by atoms with E-state index in [2.05, 4.69) is 31.5 Å². The zero-order valence-corrected chi connectivity index (χ0v) is 21.1. The summed E-state index contributed by atoms with van der Waals surface area (Å²) in [6.45, 7) is 0. The predicted octanol–water partition coefficient (Wildman–Crippen LogP) is 4.55. The smallest absolute Gasteiger partial charge is 0.333 e. The quantitative estimate of drug-likeness (QED) is 0.315. The summed E-state index contributed by atoms with van der Waals surface area (Å²) >= 11 is 9.88. The molecule has 0 spiro atoms. The highest BCUT2D eigenvalue weighted by Gasteiger charge is 2.20. The van der Waals surface area contributed by atoms with Crippen LogP contribution >= 0.6 is 38.9 Å². The van der Waals surface area contributed by atoms with Crippen LogP contribution < -0.4 is 20.9 Å². The summed E-state index contributed by atoms with van der Waals surface area (Å²) < 4.78 is 42.9. The van der Waals surface area contributed by atoms with Gasteiger partial charge in [-0.2, -0.15) is 0 Å². The lowest BCUT2D eigenvalue weighted by Gasteiger charge is -2.12. The van der Waals surface area contributed by atoms with Crippen molar-refractivity contribution in [1.82, 2.24) is 14.3 Å². The molecule has 0 saturated carbocycles. The van der Waals surface area contributed by atoms with E-state index in [0.717, 1.165) is 27.7 Å². The number of sulfonamides is 1. The zero-order valence-electron chi connectivity index (χ0n) is 17.1. The number of carbonyl (C=O) groups is 1. The number of halogens is 3. The van der Waals surface area contributed by atoms with Crippen molar-refractivity contribution in [3.63, 3.8) is 0 Å². The first kappa shape index (κ1) is 24.1. The second-order valence-electron chi connectivity index (χ2n) is 6.80. The third kappa shape index (κ3) is 4.78. The molecule has 176 valence electrons. The molecule has 2 heterocycles. The van der Waals surface area contributed by atoms with Gasteiger partial charge in [0.15, 0.2) is 0 Å². The molecule has 34 heavy (non-hydrogen) atoms. The molecule has 3 N–H and O–H groups in total. The van der Waals surface area contributed by atoms with Crippen molar-refractivity contribution in [2.24, 2.45) is 0 Å². The van der Waals surface area contributed by atoms with Gasteiger partial charge in [0.25, 0.3) is 15.6 Å². The fourth-order valence-electron chi connectivity index (χ4n) is 3.06. The van der Waals surface area contributed by atoms with Gasteiger partial charge >= 0.3 is 6.03 Å². The van der Waals surface area contributed by atoms with Crippen LogP contribution in [0, 0.1) is 5.82 Å². The Labute approximate surface area is 209 Å². The van der Waals surface area contributed by atoms with E-state index in [1.54, 1.807) is 19.2 Å². The Kier molecular flexibility index (Phi) is 6.62. The molecule has 0 radical (unpaired) electrons. The van der Waals surface area contributed by atoms with Gasteiger partial charge in [-0.25, -0.2) is 27.3 Å². The van der Waals surface area contributed by atoms with Crippen molar-refractivity contribution in [3.05, 3.63) is 73.8 Å². The van der Waals surface area contributed by atoms with Crippen molar-refractivity contribution >= 4 is 77.2 Å². The number of carbonyl (C=O) groups excluding carboxylic acids is 1. The fourth-order valence-corrected chi connectivity index (χ4v) is 5.99. The molecule has 0 aliphatic carbocycles. The largest absolute Gasteiger partial charge is 0.387 e. The highest BCUT2D eigenvalue weighted by molar-refractivity contribution is 9.10. The highest BCUT2D eigenvalue weighted by Crippen LogP contribution is 2.27. The molecular formula is C20H14BrClFN5O4S2. The van der Waals surface area contributed by atoms with Crippen molar-refractivity contribution in [2.75, 3.05) is 17.7 Å². The van der Waals surface area contributed by atoms with Crippen LogP contribution in [0.5, 0.6) is 0 Å². The Hall–Kier alpha value is -3.00. The molecule has 2 aromatic heterocycles. The van der Waals surface area contributed by atoms with Gasteiger partial charge < -0.3 is 10.6 Å². The molecule has 9 nitrogen and oxygen atoms in total. The van der Waals surface area contributed by atoms with Gasteiger partial charge in [0.2, 0.25) is 0 Å². The lowest BCUT2D eigenvalue weighted by Crippen LogP contribution is -2.34. The minimum atomic E-state index is -4.14. The molecule has 2 amide bonds. The molecule has 0 aliphatic rings. The van der Waals surface area contributed by atoms with Gasteiger partial charge in [-0.05, 0) is 58.4 Å². The molecule has 4 aromatic rings. The number of aromatic nitrogens is 2. The standard InChI is InChI=1S/C20H14BrClFN5O4S2/c1-24-15-8-14-11(7-12(15)21)19(29)28(9-25-14)16-3-2-10(6-13(16)23)26-20(30)27-34(31,32)18-5-4-17(22)33-18/h2-9,24H,1H3,(H2,26,27,30). The number of amides is 2. The van der Waals surface area contributed by atoms with Crippen molar-refractivity contribution in [1.29, 1.82) is 0 Å². The number of nitrogens with zero attached hydrogens (tertiary/aromatic N) is 2. The third-order valence-corrected chi connectivity index (χ3v) is 8.33. The summed E-state index contributed by atoms with van der Waals surface area (Å²) in [5, 5.41) is 5.49. The lowest BCUT2D eigenvalue weighted by atomic mass is 10.2. The minimum Gasteiger partial charge on any atom is -0.387 e. The summed E-state index contributed by atoms with van der Waals surface area (Å²) in [6.07, 6.45) is 1.20. The first-order valence-corrected chi connectivity index (χ1v) is 12.8. The first-order valence-electron chi connectivity index (χ1n) is 9.37.